The van der Waals surface area contributed by atoms with E-state index in [1.54, 1.807) is 14.2 Å². The van der Waals surface area contributed by atoms with E-state index in [1.165, 1.54) is 5.56 Å². The number of phenolic OH excluding ortho intramolecular Hbond substituents is 1. The van der Waals surface area contributed by atoms with Crippen LogP contribution in [0.4, 0.5) is 0 Å². The summed E-state index contributed by atoms with van der Waals surface area (Å²) in [4.78, 5) is 4.93. The van der Waals surface area contributed by atoms with Crippen LogP contribution in [0.1, 0.15) is 17.5 Å². The number of phenols is 1. The molecule has 0 bridgehead atoms. The Morgan fingerprint density at radius 3 is 2.88 bits per heavy atom. The van der Waals surface area contributed by atoms with Crippen molar-refractivity contribution in [2.45, 2.75) is 25.3 Å². The molecule has 0 saturated carbocycles. The smallest absolute Gasteiger partial charge is 0.161 e. The average molecular weight is 223 g/mol. The lowest BCUT2D eigenvalue weighted by Gasteiger charge is -2.25. The summed E-state index contributed by atoms with van der Waals surface area (Å²) in [5.41, 5.74) is 5.13. The van der Waals surface area contributed by atoms with E-state index in [-0.39, 0.29) is 5.75 Å². The van der Waals surface area contributed by atoms with Gasteiger partial charge in [0.1, 0.15) is 0 Å². The highest BCUT2D eigenvalue weighted by molar-refractivity contribution is 5.51. The maximum atomic E-state index is 9.97. The number of hydrogen-bond acceptors (Lipinski definition) is 4. The minimum atomic E-state index is 0.288. The van der Waals surface area contributed by atoms with Crippen molar-refractivity contribution in [1.29, 1.82) is 0 Å². The van der Waals surface area contributed by atoms with Crippen molar-refractivity contribution in [1.82, 2.24) is 5.48 Å². The van der Waals surface area contributed by atoms with Crippen LogP contribution in [0, 0.1) is 0 Å². The molecule has 0 aliphatic heterocycles. The first kappa shape index (κ1) is 11.2. The van der Waals surface area contributed by atoms with Crippen LogP contribution >= 0.6 is 0 Å². The summed E-state index contributed by atoms with van der Waals surface area (Å²) in [5, 5.41) is 9.97. The molecule has 1 atom stereocenters. The van der Waals surface area contributed by atoms with Gasteiger partial charge in [0.25, 0.3) is 0 Å². The van der Waals surface area contributed by atoms with E-state index in [1.807, 2.05) is 12.1 Å². The van der Waals surface area contributed by atoms with E-state index in [4.69, 9.17) is 9.57 Å². The molecule has 1 aromatic rings. The highest BCUT2D eigenvalue weighted by Crippen LogP contribution is 2.36. The van der Waals surface area contributed by atoms with Crippen LogP contribution in [0.5, 0.6) is 11.5 Å². The monoisotopic (exact) mass is 223 g/mol. The van der Waals surface area contributed by atoms with E-state index < -0.39 is 0 Å². The number of hydrogen-bond donors (Lipinski definition) is 2. The van der Waals surface area contributed by atoms with Crippen molar-refractivity contribution in [3.05, 3.63) is 23.3 Å². The van der Waals surface area contributed by atoms with Gasteiger partial charge in [-0.2, -0.15) is 5.48 Å². The van der Waals surface area contributed by atoms with Crippen LogP contribution in [-0.2, 0) is 17.7 Å². The molecule has 0 heterocycles. The number of hydroxylamine groups is 1. The molecule has 1 aliphatic rings. The second kappa shape index (κ2) is 4.72. The second-order valence-electron chi connectivity index (χ2n) is 4.02. The Morgan fingerprint density at radius 1 is 1.38 bits per heavy atom. The van der Waals surface area contributed by atoms with Gasteiger partial charge in [0.05, 0.1) is 14.2 Å². The molecule has 16 heavy (non-hydrogen) atoms. The second-order valence-corrected chi connectivity index (χ2v) is 4.02. The number of benzene rings is 1. The van der Waals surface area contributed by atoms with Crippen LogP contribution in [0.15, 0.2) is 12.1 Å². The molecule has 0 spiro atoms. The third kappa shape index (κ3) is 1.99. The van der Waals surface area contributed by atoms with E-state index >= 15 is 0 Å². The van der Waals surface area contributed by atoms with Gasteiger partial charge >= 0.3 is 0 Å². The molecule has 0 fully saturated rings. The Morgan fingerprint density at radius 2 is 2.19 bits per heavy atom. The van der Waals surface area contributed by atoms with Crippen molar-refractivity contribution < 1.29 is 14.7 Å². The summed E-state index contributed by atoms with van der Waals surface area (Å²) in [6, 6.07) is 4.14. The van der Waals surface area contributed by atoms with E-state index in [0.29, 0.717) is 11.8 Å². The number of aromatic hydroxyl groups is 1. The zero-order valence-corrected chi connectivity index (χ0v) is 9.62. The van der Waals surface area contributed by atoms with Crippen molar-refractivity contribution in [2.24, 2.45) is 0 Å². The highest BCUT2D eigenvalue weighted by Gasteiger charge is 2.22. The van der Waals surface area contributed by atoms with Gasteiger partial charge in [0, 0.05) is 11.6 Å². The predicted octanol–water partition coefficient (Wildman–Crippen LogP) is 1.41. The fourth-order valence-electron chi connectivity index (χ4n) is 2.24. The molecule has 0 aromatic heterocycles. The largest absolute Gasteiger partial charge is 0.504 e. The molecule has 1 aliphatic carbocycles. The van der Waals surface area contributed by atoms with Crippen LogP contribution < -0.4 is 10.2 Å². The van der Waals surface area contributed by atoms with Crippen LogP contribution in [0.3, 0.4) is 0 Å². The Bertz CT molecular complexity index is 379. The van der Waals surface area contributed by atoms with Crippen molar-refractivity contribution in [3.8, 4) is 11.5 Å². The Kier molecular flexibility index (Phi) is 3.31. The van der Waals surface area contributed by atoms with Crippen LogP contribution in [0.2, 0.25) is 0 Å². The zero-order chi connectivity index (χ0) is 11.5. The lowest BCUT2D eigenvalue weighted by molar-refractivity contribution is 0.0564. The number of fused-ring (bicyclic) bond motifs is 1. The SMILES string of the molecule is CONC1CCc2c(ccc(OC)c2O)C1. The normalized spacial score (nSPS) is 19.2. The predicted molar refractivity (Wildman–Crippen MR) is 60.6 cm³/mol. The van der Waals surface area contributed by atoms with Gasteiger partial charge in [-0.15, -0.1) is 0 Å². The summed E-state index contributed by atoms with van der Waals surface area (Å²) in [6.07, 6.45) is 2.68. The van der Waals surface area contributed by atoms with Crippen molar-refractivity contribution >= 4 is 0 Å². The molecular weight excluding hydrogens is 206 g/mol. The highest BCUT2D eigenvalue weighted by atomic mass is 16.6. The lowest BCUT2D eigenvalue weighted by atomic mass is 9.88. The molecule has 0 amide bonds. The molecule has 88 valence electrons. The minimum absolute atomic E-state index is 0.288. The first-order chi connectivity index (χ1) is 7.76. The quantitative estimate of drug-likeness (QED) is 0.761. The van der Waals surface area contributed by atoms with Crippen LogP contribution in [0.25, 0.3) is 0 Å². The van der Waals surface area contributed by atoms with Gasteiger partial charge in [-0.1, -0.05) is 6.07 Å². The number of nitrogens with one attached hydrogen (secondary N) is 1. The summed E-state index contributed by atoms with van der Waals surface area (Å²) in [6.45, 7) is 0. The molecule has 4 nitrogen and oxygen atoms in total. The van der Waals surface area contributed by atoms with Gasteiger partial charge in [0.15, 0.2) is 11.5 Å². The van der Waals surface area contributed by atoms with Crippen LogP contribution in [-0.4, -0.2) is 25.4 Å². The summed E-state index contributed by atoms with van der Waals surface area (Å²) in [7, 11) is 3.20. The molecule has 4 heteroatoms. The van der Waals surface area contributed by atoms with Gasteiger partial charge in [-0.05, 0) is 30.9 Å². The first-order valence-electron chi connectivity index (χ1n) is 5.42. The maximum absolute atomic E-state index is 9.97. The third-order valence-electron chi connectivity index (χ3n) is 3.06. The van der Waals surface area contributed by atoms with Gasteiger partial charge in [-0.3, -0.25) is 0 Å². The zero-order valence-electron chi connectivity index (χ0n) is 9.62. The summed E-state index contributed by atoms with van der Waals surface area (Å²) >= 11 is 0. The molecule has 2 N–H and O–H groups in total. The molecule has 0 saturated heterocycles. The fourth-order valence-corrected chi connectivity index (χ4v) is 2.24. The van der Waals surface area contributed by atoms with E-state index in [9.17, 15) is 5.11 Å². The summed E-state index contributed by atoms with van der Waals surface area (Å²) < 4.78 is 5.10. The van der Waals surface area contributed by atoms with Gasteiger partial charge in [-0.25, -0.2) is 0 Å². The number of ether oxygens (including phenoxy) is 1. The lowest BCUT2D eigenvalue weighted by Crippen LogP contribution is -2.33. The third-order valence-corrected chi connectivity index (χ3v) is 3.06. The average Bonchev–Trinajstić information content (AvgIpc) is 2.30. The Hall–Kier alpha value is -1.26. The molecule has 0 radical (unpaired) electrons. The maximum Gasteiger partial charge on any atom is 0.161 e. The molecular formula is C12H17NO3. The molecule has 2 rings (SSSR count). The van der Waals surface area contributed by atoms with E-state index in [0.717, 1.165) is 24.8 Å². The van der Waals surface area contributed by atoms with Crippen molar-refractivity contribution in [2.75, 3.05) is 14.2 Å². The van der Waals surface area contributed by atoms with Gasteiger partial charge in [0.2, 0.25) is 0 Å². The van der Waals surface area contributed by atoms with Gasteiger partial charge < -0.3 is 14.7 Å². The fraction of sp³-hybridized carbons (Fsp3) is 0.500. The Balaban J connectivity index is 2.24. The Labute approximate surface area is 95.1 Å². The topological polar surface area (TPSA) is 50.7 Å². The number of methoxy groups -OCH3 is 1. The molecule has 1 unspecified atom stereocenters. The standard InChI is InChI=1S/C12H17NO3/c1-15-11-6-3-8-7-9(13-16-2)4-5-10(8)12(11)14/h3,6,9,13-14H,4-5,7H2,1-2H3. The van der Waals surface area contributed by atoms with E-state index in [2.05, 4.69) is 5.48 Å². The minimum Gasteiger partial charge on any atom is -0.504 e. The number of rotatable bonds is 3. The first-order valence-corrected chi connectivity index (χ1v) is 5.42. The summed E-state index contributed by atoms with van der Waals surface area (Å²) in [5.74, 6) is 0.841. The molecule has 1 aromatic carbocycles. The van der Waals surface area contributed by atoms with Crippen molar-refractivity contribution in [3.63, 3.8) is 0 Å².